The van der Waals surface area contributed by atoms with Gasteiger partial charge in [0.05, 0.1) is 6.04 Å². The number of nitrogens with one attached hydrogen (secondary N) is 4. The van der Waals surface area contributed by atoms with E-state index in [2.05, 4.69) is 27.8 Å². The lowest BCUT2D eigenvalue weighted by Gasteiger charge is -2.26. The highest BCUT2D eigenvalue weighted by Crippen LogP contribution is 2.19. The third kappa shape index (κ3) is 7.77. The molecule has 0 unspecified atom stereocenters. The molecule has 2 aromatic carbocycles. The summed E-state index contributed by atoms with van der Waals surface area (Å²) in [4.78, 5) is 64.7. The van der Waals surface area contributed by atoms with Gasteiger partial charge < -0.3 is 21.3 Å². The van der Waals surface area contributed by atoms with Crippen LogP contribution in [-0.4, -0.2) is 53.6 Å². The summed E-state index contributed by atoms with van der Waals surface area (Å²) in [5.74, 6) is -3.46. The minimum atomic E-state index is -1.09. The van der Waals surface area contributed by atoms with Gasteiger partial charge in [0.15, 0.2) is 0 Å². The molecule has 1 saturated carbocycles. The van der Waals surface area contributed by atoms with Crippen LogP contribution in [0.25, 0.3) is 10.8 Å². The van der Waals surface area contributed by atoms with Crippen molar-refractivity contribution >= 4 is 40.2 Å². The predicted molar refractivity (Wildman–Crippen MR) is 154 cm³/mol. The second-order valence-corrected chi connectivity index (χ2v) is 10.9. The zero-order valence-electron chi connectivity index (χ0n) is 23.7. The fourth-order valence-corrected chi connectivity index (χ4v) is 4.86. The number of carbonyl (C=O) groups is 5. The molecule has 0 spiro atoms. The first-order valence-electron chi connectivity index (χ1n) is 13.9. The molecule has 0 heterocycles. The van der Waals surface area contributed by atoms with Crippen molar-refractivity contribution < 1.29 is 24.0 Å². The summed E-state index contributed by atoms with van der Waals surface area (Å²) >= 11 is 0. The van der Waals surface area contributed by atoms with Crippen molar-refractivity contribution in [3.05, 3.63) is 60.2 Å². The molecule has 2 aromatic rings. The van der Waals surface area contributed by atoms with Gasteiger partial charge in [0.2, 0.25) is 17.6 Å². The van der Waals surface area contributed by atoms with Gasteiger partial charge in [-0.05, 0) is 55.0 Å². The standard InChI is InChI=1S/C31H40N4O5/c1-18(2)25(27(36)31(40)33-22-14-7-6-8-15-22)34-28(37)20(5)32-30(39)26(19(3)4)35-29(38)24-17-11-13-21-12-9-10-16-23(21)24/h9-13,16-18,20,22,25-26H,3,6-8,14-15H2,1-2,4-5H3,(H,32,39)(H,33,40)(H,34,37)(H,35,38)/t20-,25-,26-/m0/s1. The summed E-state index contributed by atoms with van der Waals surface area (Å²) in [7, 11) is 0. The van der Waals surface area contributed by atoms with Crippen LogP contribution in [0.2, 0.25) is 0 Å². The van der Waals surface area contributed by atoms with Gasteiger partial charge in [-0.15, -0.1) is 0 Å². The molecule has 0 aliphatic heterocycles. The van der Waals surface area contributed by atoms with Crippen LogP contribution in [0.1, 0.15) is 70.2 Å². The molecule has 9 nitrogen and oxygen atoms in total. The molecule has 4 amide bonds. The van der Waals surface area contributed by atoms with Crippen LogP contribution in [0.15, 0.2) is 54.6 Å². The summed E-state index contributed by atoms with van der Waals surface area (Å²) in [6.45, 7) is 10.4. The molecule has 1 aliphatic carbocycles. The van der Waals surface area contributed by atoms with Crippen molar-refractivity contribution in [1.82, 2.24) is 21.3 Å². The SMILES string of the molecule is C=C(C)[C@H](NC(=O)c1cccc2ccccc12)C(=O)N[C@@H](C)C(=O)N[C@H](C(=O)C(=O)NC1CCCCC1)C(C)C. The molecule has 0 aromatic heterocycles. The van der Waals surface area contributed by atoms with Crippen LogP contribution in [0, 0.1) is 5.92 Å². The Kier molecular flexibility index (Phi) is 10.6. The fourth-order valence-electron chi connectivity index (χ4n) is 4.86. The summed E-state index contributed by atoms with van der Waals surface area (Å²) < 4.78 is 0. The highest BCUT2D eigenvalue weighted by molar-refractivity contribution is 6.38. The molecule has 1 fully saturated rings. The van der Waals surface area contributed by atoms with Gasteiger partial charge in [0.25, 0.3) is 11.8 Å². The summed E-state index contributed by atoms with van der Waals surface area (Å²) in [5.41, 5.74) is 0.793. The Bertz CT molecular complexity index is 1280. The van der Waals surface area contributed by atoms with E-state index < -0.39 is 47.5 Å². The first-order valence-corrected chi connectivity index (χ1v) is 13.9. The van der Waals surface area contributed by atoms with Gasteiger partial charge in [-0.25, -0.2) is 0 Å². The van der Waals surface area contributed by atoms with Gasteiger partial charge in [0, 0.05) is 11.6 Å². The second-order valence-electron chi connectivity index (χ2n) is 10.9. The third-order valence-corrected chi connectivity index (χ3v) is 7.23. The number of hydrogen-bond acceptors (Lipinski definition) is 5. The summed E-state index contributed by atoms with van der Waals surface area (Å²) in [6, 6.07) is 9.55. The second kappa shape index (κ2) is 13.9. The molecule has 1 aliphatic rings. The minimum absolute atomic E-state index is 0.0323. The van der Waals surface area contributed by atoms with Crippen molar-refractivity contribution in [2.75, 3.05) is 0 Å². The average molecular weight is 549 g/mol. The van der Waals surface area contributed by atoms with Gasteiger partial charge in [-0.1, -0.05) is 76.1 Å². The minimum Gasteiger partial charge on any atom is -0.347 e. The molecule has 3 atom stereocenters. The lowest BCUT2D eigenvalue weighted by molar-refractivity contribution is -0.141. The highest BCUT2D eigenvalue weighted by Gasteiger charge is 2.33. The Morgan fingerprint density at radius 2 is 1.48 bits per heavy atom. The van der Waals surface area contributed by atoms with Crippen LogP contribution >= 0.6 is 0 Å². The van der Waals surface area contributed by atoms with Crippen molar-refractivity contribution in [2.24, 2.45) is 5.92 Å². The van der Waals surface area contributed by atoms with E-state index in [1.807, 2.05) is 30.3 Å². The van der Waals surface area contributed by atoms with E-state index in [1.165, 1.54) is 6.92 Å². The Morgan fingerprint density at radius 3 is 2.12 bits per heavy atom. The number of carbonyl (C=O) groups excluding carboxylic acids is 5. The molecule has 4 N–H and O–H groups in total. The monoisotopic (exact) mass is 548 g/mol. The molecule has 9 heteroatoms. The van der Waals surface area contributed by atoms with Crippen molar-refractivity contribution in [2.45, 2.75) is 84.0 Å². The van der Waals surface area contributed by atoms with E-state index in [9.17, 15) is 24.0 Å². The number of rotatable bonds is 11. The molecule has 0 saturated heterocycles. The van der Waals surface area contributed by atoms with E-state index in [0.29, 0.717) is 11.1 Å². The topological polar surface area (TPSA) is 133 Å². The lowest BCUT2D eigenvalue weighted by Crippen LogP contribution is -2.57. The highest BCUT2D eigenvalue weighted by atomic mass is 16.2. The Balaban J connectivity index is 1.63. The van der Waals surface area contributed by atoms with Gasteiger partial charge in [0.1, 0.15) is 12.1 Å². The molecule has 214 valence electrons. The zero-order valence-corrected chi connectivity index (χ0v) is 23.7. The third-order valence-electron chi connectivity index (χ3n) is 7.23. The van der Waals surface area contributed by atoms with Gasteiger partial charge in [-0.2, -0.15) is 0 Å². The van der Waals surface area contributed by atoms with Crippen molar-refractivity contribution in [3.63, 3.8) is 0 Å². The van der Waals surface area contributed by atoms with Gasteiger partial charge in [-0.3, -0.25) is 24.0 Å². The number of ketones is 1. The number of hydrogen-bond donors (Lipinski definition) is 4. The largest absolute Gasteiger partial charge is 0.347 e. The smallest absolute Gasteiger partial charge is 0.289 e. The van der Waals surface area contributed by atoms with Crippen molar-refractivity contribution in [3.8, 4) is 0 Å². The zero-order chi connectivity index (χ0) is 29.4. The van der Waals surface area contributed by atoms with Gasteiger partial charge >= 0.3 is 0 Å². The predicted octanol–water partition coefficient (Wildman–Crippen LogP) is 3.18. The normalized spacial score (nSPS) is 15.9. The summed E-state index contributed by atoms with van der Waals surface area (Å²) in [5, 5.41) is 12.4. The van der Waals surface area contributed by atoms with Crippen LogP contribution in [0.5, 0.6) is 0 Å². The molecular formula is C31H40N4O5. The Labute approximate surface area is 235 Å². The molecule has 3 rings (SSSR count). The van der Waals surface area contributed by atoms with E-state index in [1.54, 1.807) is 32.9 Å². The van der Waals surface area contributed by atoms with E-state index in [0.717, 1.165) is 42.9 Å². The van der Waals surface area contributed by atoms with Crippen LogP contribution < -0.4 is 21.3 Å². The average Bonchev–Trinajstić information content (AvgIpc) is 2.93. The number of benzene rings is 2. The number of Topliss-reactive ketones (excluding diaryl/α,β-unsaturated/α-hetero) is 1. The van der Waals surface area contributed by atoms with E-state index >= 15 is 0 Å². The maximum atomic E-state index is 13.1. The number of amides is 4. The first-order chi connectivity index (χ1) is 19.0. The molecule has 40 heavy (non-hydrogen) atoms. The van der Waals surface area contributed by atoms with E-state index in [4.69, 9.17) is 0 Å². The van der Waals surface area contributed by atoms with Crippen molar-refractivity contribution in [1.29, 1.82) is 0 Å². The van der Waals surface area contributed by atoms with Crippen LogP contribution in [0.3, 0.4) is 0 Å². The first kappa shape index (κ1) is 30.5. The Morgan fingerprint density at radius 1 is 0.825 bits per heavy atom. The molecule has 0 bridgehead atoms. The molecular weight excluding hydrogens is 508 g/mol. The summed E-state index contributed by atoms with van der Waals surface area (Å²) in [6.07, 6.45) is 4.81. The fraction of sp³-hybridized carbons (Fsp3) is 0.452. The maximum absolute atomic E-state index is 13.1. The van der Waals surface area contributed by atoms with E-state index in [-0.39, 0.29) is 12.0 Å². The number of fused-ring (bicyclic) bond motifs is 1. The molecule has 0 radical (unpaired) electrons. The maximum Gasteiger partial charge on any atom is 0.289 e. The Hall–Kier alpha value is -4.01. The van der Waals surface area contributed by atoms with Crippen LogP contribution in [0.4, 0.5) is 0 Å². The lowest BCUT2D eigenvalue weighted by atomic mass is 9.94. The quantitative estimate of drug-likeness (QED) is 0.253. The van der Waals surface area contributed by atoms with Crippen LogP contribution in [-0.2, 0) is 19.2 Å².